The normalized spacial score (nSPS) is 11.0. The molecule has 0 saturated heterocycles. The van der Waals surface area contributed by atoms with E-state index >= 15 is 0 Å². The van der Waals surface area contributed by atoms with E-state index in [2.05, 4.69) is 5.43 Å². The number of carbonyl (C=O) groups excluding carboxylic acids is 2. The van der Waals surface area contributed by atoms with Crippen LogP contribution in [0.3, 0.4) is 0 Å². The van der Waals surface area contributed by atoms with Gasteiger partial charge >= 0.3 is 6.18 Å². The van der Waals surface area contributed by atoms with Crippen molar-refractivity contribution in [2.45, 2.75) is 19.6 Å². The molecule has 2 amide bonds. The van der Waals surface area contributed by atoms with Gasteiger partial charge in [-0.25, -0.2) is 0 Å². The second kappa shape index (κ2) is 8.39. The predicted molar refractivity (Wildman–Crippen MR) is 88.7 cm³/mol. The van der Waals surface area contributed by atoms with Crippen LogP contribution in [0.15, 0.2) is 47.4 Å². The standard InChI is InChI=1S/C17H16F3N3O4/c1-11-4-2-5-12(8-11)27-10-15(25)22-21-14(24)9-23-7-3-6-13(16(23)26)17(18,19)20/h2-8H,9-10H2,1H3,(H,21,24)(H,22,25). The van der Waals surface area contributed by atoms with Crippen LogP contribution in [0, 0.1) is 6.92 Å². The maximum atomic E-state index is 12.7. The average molecular weight is 383 g/mol. The van der Waals surface area contributed by atoms with E-state index in [1.807, 2.05) is 18.4 Å². The van der Waals surface area contributed by atoms with E-state index in [9.17, 15) is 27.6 Å². The van der Waals surface area contributed by atoms with E-state index in [0.717, 1.165) is 17.8 Å². The highest BCUT2D eigenvalue weighted by Gasteiger charge is 2.34. The van der Waals surface area contributed by atoms with E-state index in [1.165, 1.54) is 0 Å². The fourth-order valence-corrected chi connectivity index (χ4v) is 2.10. The number of hydrogen-bond donors (Lipinski definition) is 2. The number of nitrogens with zero attached hydrogens (tertiary/aromatic N) is 1. The molecule has 0 radical (unpaired) electrons. The van der Waals surface area contributed by atoms with Crippen molar-refractivity contribution in [1.29, 1.82) is 0 Å². The lowest BCUT2D eigenvalue weighted by atomic mass is 10.2. The van der Waals surface area contributed by atoms with Crippen molar-refractivity contribution < 1.29 is 27.5 Å². The van der Waals surface area contributed by atoms with E-state index < -0.39 is 35.7 Å². The second-order valence-corrected chi connectivity index (χ2v) is 5.55. The van der Waals surface area contributed by atoms with Crippen molar-refractivity contribution in [1.82, 2.24) is 15.4 Å². The zero-order valence-corrected chi connectivity index (χ0v) is 14.2. The van der Waals surface area contributed by atoms with Crippen molar-refractivity contribution in [2.75, 3.05) is 6.61 Å². The van der Waals surface area contributed by atoms with Crippen LogP contribution in [0.25, 0.3) is 0 Å². The lowest BCUT2D eigenvalue weighted by Gasteiger charge is -2.11. The number of amides is 2. The summed E-state index contributed by atoms with van der Waals surface area (Å²) in [4.78, 5) is 35.1. The van der Waals surface area contributed by atoms with Crippen LogP contribution >= 0.6 is 0 Å². The summed E-state index contributed by atoms with van der Waals surface area (Å²) in [6.45, 7) is 0.776. The highest BCUT2D eigenvalue weighted by Crippen LogP contribution is 2.25. The zero-order chi connectivity index (χ0) is 20.0. The molecule has 0 spiro atoms. The molecule has 0 aliphatic rings. The second-order valence-electron chi connectivity index (χ2n) is 5.55. The summed E-state index contributed by atoms with van der Waals surface area (Å²) in [6.07, 6.45) is -3.78. The third-order valence-corrected chi connectivity index (χ3v) is 3.34. The van der Waals surface area contributed by atoms with E-state index in [4.69, 9.17) is 4.74 Å². The molecule has 0 aliphatic heterocycles. The number of halogens is 3. The molecule has 0 aliphatic carbocycles. The van der Waals surface area contributed by atoms with Gasteiger partial charge < -0.3 is 9.30 Å². The molecular weight excluding hydrogens is 367 g/mol. The molecule has 7 nitrogen and oxygen atoms in total. The molecule has 0 fully saturated rings. The first kappa shape index (κ1) is 20.0. The van der Waals surface area contributed by atoms with E-state index in [1.54, 1.807) is 18.2 Å². The summed E-state index contributed by atoms with van der Waals surface area (Å²) in [5.74, 6) is -1.09. The Kier molecular flexibility index (Phi) is 6.22. The molecule has 2 rings (SSSR count). The van der Waals surface area contributed by atoms with Gasteiger partial charge in [0.25, 0.3) is 17.4 Å². The molecule has 1 heterocycles. The smallest absolute Gasteiger partial charge is 0.421 e. The number of carbonyl (C=O) groups is 2. The monoisotopic (exact) mass is 383 g/mol. The highest BCUT2D eigenvalue weighted by molar-refractivity contribution is 5.82. The largest absolute Gasteiger partial charge is 0.484 e. The van der Waals surface area contributed by atoms with Crippen molar-refractivity contribution in [3.05, 3.63) is 64.1 Å². The van der Waals surface area contributed by atoms with Gasteiger partial charge in [-0.3, -0.25) is 25.2 Å². The summed E-state index contributed by atoms with van der Waals surface area (Å²) in [7, 11) is 0. The molecule has 144 valence electrons. The number of alkyl halides is 3. The molecule has 0 saturated carbocycles. The molecule has 0 atom stereocenters. The molecule has 27 heavy (non-hydrogen) atoms. The van der Waals surface area contributed by atoms with Crippen LogP contribution in [0.5, 0.6) is 5.75 Å². The number of nitrogens with one attached hydrogen (secondary N) is 2. The van der Waals surface area contributed by atoms with E-state index in [-0.39, 0.29) is 6.61 Å². The van der Waals surface area contributed by atoms with Crippen molar-refractivity contribution >= 4 is 11.8 Å². The maximum absolute atomic E-state index is 12.7. The maximum Gasteiger partial charge on any atom is 0.421 e. The molecule has 1 aromatic carbocycles. The molecule has 0 unspecified atom stereocenters. The van der Waals surface area contributed by atoms with Crippen LogP contribution in [0.2, 0.25) is 0 Å². The van der Waals surface area contributed by atoms with Gasteiger partial charge in [-0.1, -0.05) is 12.1 Å². The van der Waals surface area contributed by atoms with Gasteiger partial charge in [-0.2, -0.15) is 13.2 Å². The first-order valence-electron chi connectivity index (χ1n) is 7.70. The van der Waals surface area contributed by atoms with Crippen LogP contribution < -0.4 is 21.1 Å². The number of aryl methyl sites for hydroxylation is 1. The molecular formula is C17H16F3N3O4. The fraction of sp³-hybridized carbons (Fsp3) is 0.235. The van der Waals surface area contributed by atoms with Crippen LogP contribution in [-0.2, 0) is 22.3 Å². The predicted octanol–water partition coefficient (Wildman–Crippen LogP) is 1.40. The Morgan fingerprint density at radius 1 is 1.11 bits per heavy atom. The Morgan fingerprint density at radius 2 is 1.81 bits per heavy atom. The third kappa shape index (κ3) is 5.87. The number of aromatic nitrogens is 1. The molecule has 10 heteroatoms. The van der Waals surface area contributed by atoms with Crippen molar-refractivity contribution in [3.63, 3.8) is 0 Å². The lowest BCUT2D eigenvalue weighted by molar-refractivity contribution is -0.139. The Bertz CT molecular complexity index is 893. The van der Waals surface area contributed by atoms with Crippen LogP contribution in [0.4, 0.5) is 13.2 Å². The van der Waals surface area contributed by atoms with E-state index in [0.29, 0.717) is 16.4 Å². The van der Waals surface area contributed by atoms with Crippen LogP contribution in [0.1, 0.15) is 11.1 Å². The summed E-state index contributed by atoms with van der Waals surface area (Å²) >= 11 is 0. The van der Waals surface area contributed by atoms with Gasteiger partial charge in [0.05, 0.1) is 0 Å². The Morgan fingerprint density at radius 3 is 2.48 bits per heavy atom. The topological polar surface area (TPSA) is 89.4 Å². The number of rotatable bonds is 5. The highest BCUT2D eigenvalue weighted by atomic mass is 19.4. The third-order valence-electron chi connectivity index (χ3n) is 3.34. The summed E-state index contributed by atoms with van der Waals surface area (Å²) in [5.41, 5.74) is 2.26. The first-order chi connectivity index (χ1) is 12.7. The van der Waals surface area contributed by atoms with Gasteiger partial charge in [0, 0.05) is 6.20 Å². The minimum atomic E-state index is -4.82. The average Bonchev–Trinajstić information content (AvgIpc) is 2.59. The number of hydrazine groups is 1. The number of benzene rings is 1. The first-order valence-corrected chi connectivity index (χ1v) is 7.70. The summed E-state index contributed by atoms with van der Waals surface area (Å²) in [6, 6.07) is 8.60. The van der Waals surface area contributed by atoms with Gasteiger partial charge in [-0.05, 0) is 36.8 Å². The minimum Gasteiger partial charge on any atom is -0.484 e. The van der Waals surface area contributed by atoms with Gasteiger partial charge in [-0.15, -0.1) is 0 Å². The Balaban J connectivity index is 1.86. The van der Waals surface area contributed by atoms with Crippen molar-refractivity contribution in [3.8, 4) is 5.75 Å². The molecule has 1 aromatic heterocycles. The SMILES string of the molecule is Cc1cccc(OCC(=O)NNC(=O)Cn2cccc(C(F)(F)F)c2=O)c1. The molecule has 0 bridgehead atoms. The van der Waals surface area contributed by atoms with Crippen molar-refractivity contribution in [2.24, 2.45) is 0 Å². The van der Waals surface area contributed by atoms with Crippen LogP contribution in [-0.4, -0.2) is 23.0 Å². The summed E-state index contributed by atoms with van der Waals surface area (Å²) in [5, 5.41) is 0. The number of pyridine rings is 1. The summed E-state index contributed by atoms with van der Waals surface area (Å²) < 4.78 is 43.9. The fourth-order valence-electron chi connectivity index (χ4n) is 2.10. The Labute approximate surface area is 151 Å². The molecule has 2 aromatic rings. The number of hydrogen-bond acceptors (Lipinski definition) is 4. The molecule has 2 N–H and O–H groups in total. The zero-order valence-electron chi connectivity index (χ0n) is 14.2. The lowest BCUT2D eigenvalue weighted by Crippen LogP contribution is -2.46. The van der Waals surface area contributed by atoms with Gasteiger partial charge in [0.2, 0.25) is 0 Å². The van der Waals surface area contributed by atoms with Gasteiger partial charge in [0.15, 0.2) is 6.61 Å². The quantitative estimate of drug-likeness (QED) is 0.764. The van der Waals surface area contributed by atoms with Gasteiger partial charge in [0.1, 0.15) is 17.9 Å². The Hall–Kier alpha value is -3.30. The number of ether oxygens (including phenoxy) is 1. The minimum absolute atomic E-state index is 0.382.